The standard InChI is InChI=1S/C20H14F2N4/c1-23-20-16-9-14(12-4-2-6-15(21)8-12)10-17(22)18(16)25-19(26-20)13-5-3-7-24-11-13/h2-11H,1H3,(H,23,25,26). The largest absolute Gasteiger partial charge is 0.373 e. The van der Waals surface area contributed by atoms with E-state index in [1.807, 2.05) is 6.07 Å². The molecule has 0 bridgehead atoms. The predicted molar refractivity (Wildman–Crippen MR) is 97.7 cm³/mol. The van der Waals surface area contributed by atoms with Crippen LogP contribution in [0.15, 0.2) is 60.9 Å². The molecule has 128 valence electrons. The number of benzene rings is 2. The second-order valence-corrected chi connectivity index (χ2v) is 5.75. The van der Waals surface area contributed by atoms with Gasteiger partial charge in [-0.05, 0) is 47.5 Å². The van der Waals surface area contributed by atoms with Crippen LogP contribution in [0, 0.1) is 11.6 Å². The third kappa shape index (κ3) is 2.86. The molecular weight excluding hydrogens is 334 g/mol. The van der Waals surface area contributed by atoms with Crippen molar-refractivity contribution in [1.29, 1.82) is 0 Å². The van der Waals surface area contributed by atoms with Crippen molar-refractivity contribution in [2.45, 2.75) is 0 Å². The predicted octanol–water partition coefficient (Wildman–Crippen LogP) is 4.68. The molecule has 0 radical (unpaired) electrons. The van der Waals surface area contributed by atoms with Crippen LogP contribution in [0.2, 0.25) is 0 Å². The number of fused-ring (bicyclic) bond motifs is 1. The average Bonchev–Trinajstić information content (AvgIpc) is 2.68. The molecule has 1 N–H and O–H groups in total. The zero-order chi connectivity index (χ0) is 18.1. The van der Waals surface area contributed by atoms with Gasteiger partial charge in [-0.3, -0.25) is 4.98 Å². The van der Waals surface area contributed by atoms with Crippen LogP contribution < -0.4 is 5.32 Å². The number of nitrogens with zero attached hydrogens (tertiary/aromatic N) is 3. The monoisotopic (exact) mass is 348 g/mol. The van der Waals surface area contributed by atoms with Gasteiger partial charge in [0.25, 0.3) is 0 Å². The topological polar surface area (TPSA) is 50.7 Å². The van der Waals surface area contributed by atoms with Gasteiger partial charge >= 0.3 is 0 Å². The number of hydrogen-bond donors (Lipinski definition) is 1. The number of halogens is 2. The van der Waals surface area contributed by atoms with E-state index in [9.17, 15) is 8.78 Å². The maximum Gasteiger partial charge on any atom is 0.163 e. The Balaban J connectivity index is 1.95. The van der Waals surface area contributed by atoms with Crippen LogP contribution in [0.1, 0.15) is 0 Å². The fraction of sp³-hybridized carbons (Fsp3) is 0.0500. The summed E-state index contributed by atoms with van der Waals surface area (Å²) in [5.41, 5.74) is 2.04. The van der Waals surface area contributed by atoms with Crippen molar-refractivity contribution < 1.29 is 8.78 Å². The average molecular weight is 348 g/mol. The van der Waals surface area contributed by atoms with Gasteiger partial charge in [-0.15, -0.1) is 0 Å². The molecule has 0 aliphatic rings. The minimum atomic E-state index is -0.495. The summed E-state index contributed by atoms with van der Waals surface area (Å²) in [7, 11) is 1.71. The lowest BCUT2D eigenvalue weighted by atomic mass is 10.0. The van der Waals surface area contributed by atoms with Gasteiger partial charge in [0.05, 0.1) is 0 Å². The van der Waals surface area contributed by atoms with Crippen LogP contribution in [0.3, 0.4) is 0 Å². The van der Waals surface area contributed by atoms with E-state index < -0.39 is 5.82 Å². The third-order valence-electron chi connectivity index (χ3n) is 4.07. The molecule has 2 aromatic heterocycles. The maximum absolute atomic E-state index is 14.8. The van der Waals surface area contributed by atoms with E-state index in [0.29, 0.717) is 33.7 Å². The molecule has 0 saturated carbocycles. The van der Waals surface area contributed by atoms with Gasteiger partial charge in [0.2, 0.25) is 0 Å². The molecule has 4 rings (SSSR count). The molecule has 2 heterocycles. The highest BCUT2D eigenvalue weighted by Gasteiger charge is 2.14. The lowest BCUT2D eigenvalue weighted by molar-refractivity contribution is 0.628. The number of anilines is 1. The smallest absolute Gasteiger partial charge is 0.163 e. The molecule has 0 saturated heterocycles. The fourth-order valence-corrected chi connectivity index (χ4v) is 2.84. The number of aromatic nitrogens is 3. The molecular formula is C20H14F2N4. The van der Waals surface area contributed by atoms with Crippen molar-refractivity contribution in [3.8, 4) is 22.5 Å². The Morgan fingerprint density at radius 3 is 2.46 bits per heavy atom. The van der Waals surface area contributed by atoms with E-state index in [-0.39, 0.29) is 11.3 Å². The Morgan fingerprint density at radius 1 is 0.885 bits per heavy atom. The minimum absolute atomic E-state index is 0.198. The SMILES string of the molecule is CNc1nc(-c2cccnc2)nc2c(F)cc(-c3cccc(F)c3)cc12. The molecule has 0 amide bonds. The van der Waals surface area contributed by atoms with Crippen LogP contribution in [0.4, 0.5) is 14.6 Å². The zero-order valence-corrected chi connectivity index (χ0v) is 13.9. The second-order valence-electron chi connectivity index (χ2n) is 5.75. The van der Waals surface area contributed by atoms with Crippen LogP contribution >= 0.6 is 0 Å². The molecule has 0 aliphatic carbocycles. The molecule has 4 aromatic rings. The van der Waals surface area contributed by atoms with Crippen LogP contribution in [0.25, 0.3) is 33.4 Å². The third-order valence-corrected chi connectivity index (χ3v) is 4.07. The molecule has 6 heteroatoms. The first-order valence-corrected chi connectivity index (χ1v) is 8.01. The van der Waals surface area contributed by atoms with Gasteiger partial charge in [-0.25, -0.2) is 18.7 Å². The number of hydrogen-bond acceptors (Lipinski definition) is 4. The van der Waals surface area contributed by atoms with Crippen molar-refractivity contribution in [2.75, 3.05) is 12.4 Å². The summed E-state index contributed by atoms with van der Waals surface area (Å²) >= 11 is 0. The Kier molecular flexibility index (Phi) is 4.01. The molecule has 0 aliphatic heterocycles. The minimum Gasteiger partial charge on any atom is -0.373 e. The van der Waals surface area contributed by atoms with Crippen LogP contribution in [0.5, 0.6) is 0 Å². The lowest BCUT2D eigenvalue weighted by Crippen LogP contribution is -2.01. The van der Waals surface area contributed by atoms with Gasteiger partial charge in [-0.2, -0.15) is 0 Å². The quantitative estimate of drug-likeness (QED) is 0.584. The summed E-state index contributed by atoms with van der Waals surface area (Å²) in [6.45, 7) is 0. The Morgan fingerprint density at radius 2 is 1.73 bits per heavy atom. The first kappa shape index (κ1) is 16.1. The molecule has 26 heavy (non-hydrogen) atoms. The Bertz CT molecular complexity index is 1100. The molecule has 0 atom stereocenters. The van der Waals surface area contributed by atoms with E-state index >= 15 is 0 Å². The summed E-state index contributed by atoms with van der Waals surface area (Å²) in [5.74, 6) is 0.00387. The van der Waals surface area contributed by atoms with Crippen LogP contribution in [-0.4, -0.2) is 22.0 Å². The highest BCUT2D eigenvalue weighted by Crippen LogP contribution is 2.31. The molecule has 0 unspecified atom stereocenters. The van der Waals surface area contributed by atoms with E-state index in [4.69, 9.17) is 0 Å². The van der Waals surface area contributed by atoms with Gasteiger partial charge in [0, 0.05) is 30.4 Å². The normalized spacial score (nSPS) is 10.9. The van der Waals surface area contributed by atoms with E-state index in [1.165, 1.54) is 18.2 Å². The summed E-state index contributed by atoms with van der Waals surface area (Å²) in [4.78, 5) is 12.9. The number of pyridine rings is 1. The molecule has 0 fully saturated rings. The van der Waals surface area contributed by atoms with E-state index in [2.05, 4.69) is 20.3 Å². The second kappa shape index (κ2) is 6.48. The van der Waals surface area contributed by atoms with Crippen molar-refractivity contribution in [1.82, 2.24) is 15.0 Å². The van der Waals surface area contributed by atoms with E-state index in [1.54, 1.807) is 43.7 Å². The Labute approximate surface area is 148 Å². The van der Waals surface area contributed by atoms with Crippen molar-refractivity contribution >= 4 is 16.7 Å². The zero-order valence-electron chi connectivity index (χ0n) is 13.9. The first-order valence-electron chi connectivity index (χ1n) is 8.01. The Hall–Kier alpha value is -3.41. The van der Waals surface area contributed by atoms with Crippen molar-refractivity contribution in [2.24, 2.45) is 0 Å². The lowest BCUT2D eigenvalue weighted by Gasteiger charge is -2.11. The fourth-order valence-electron chi connectivity index (χ4n) is 2.84. The first-order chi connectivity index (χ1) is 12.7. The summed E-state index contributed by atoms with van der Waals surface area (Å²) in [6.07, 6.45) is 3.27. The van der Waals surface area contributed by atoms with Gasteiger partial charge in [-0.1, -0.05) is 12.1 Å². The molecule has 2 aromatic carbocycles. The van der Waals surface area contributed by atoms with Gasteiger partial charge < -0.3 is 5.32 Å². The highest BCUT2D eigenvalue weighted by molar-refractivity contribution is 5.94. The summed E-state index contributed by atoms with van der Waals surface area (Å²) in [6, 6.07) is 12.7. The van der Waals surface area contributed by atoms with Gasteiger partial charge in [0.15, 0.2) is 5.82 Å². The van der Waals surface area contributed by atoms with E-state index in [0.717, 1.165) is 0 Å². The summed E-state index contributed by atoms with van der Waals surface area (Å²) < 4.78 is 28.3. The van der Waals surface area contributed by atoms with Crippen LogP contribution in [-0.2, 0) is 0 Å². The number of rotatable bonds is 3. The molecule has 0 spiro atoms. The highest BCUT2D eigenvalue weighted by atomic mass is 19.1. The maximum atomic E-state index is 14.8. The summed E-state index contributed by atoms with van der Waals surface area (Å²) in [5, 5.41) is 3.51. The van der Waals surface area contributed by atoms with Gasteiger partial charge in [0.1, 0.15) is 23.0 Å². The number of nitrogens with one attached hydrogen (secondary N) is 1. The molecule has 4 nitrogen and oxygen atoms in total. The van der Waals surface area contributed by atoms with Crippen molar-refractivity contribution in [3.63, 3.8) is 0 Å². The van der Waals surface area contributed by atoms with Crippen molar-refractivity contribution in [3.05, 3.63) is 72.6 Å².